The Kier molecular flexibility index (Phi) is 5.71. The van der Waals surface area contributed by atoms with Gasteiger partial charge in [0, 0.05) is 37.9 Å². The van der Waals surface area contributed by atoms with E-state index in [1.807, 2.05) is 62.7 Å². The Morgan fingerprint density at radius 1 is 1.15 bits per heavy atom. The van der Waals surface area contributed by atoms with Gasteiger partial charge in [0.25, 0.3) is 10.2 Å². The lowest BCUT2D eigenvalue weighted by atomic mass is 10.2. The second-order valence-electron chi connectivity index (χ2n) is 7.23. The van der Waals surface area contributed by atoms with Gasteiger partial charge in [-0.1, -0.05) is 18.2 Å². The number of rotatable bonds is 5. The van der Waals surface area contributed by atoms with Gasteiger partial charge in [-0.3, -0.25) is 0 Å². The fourth-order valence-corrected chi connectivity index (χ4v) is 5.03. The summed E-state index contributed by atoms with van der Waals surface area (Å²) in [6.45, 7) is 8.72. The third-order valence-electron chi connectivity index (χ3n) is 4.93. The molecular weight excluding hydrogens is 364 g/mol. The smallest absolute Gasteiger partial charge is 0.282 e. The quantitative estimate of drug-likeness (QED) is 0.783. The molecule has 2 heterocycles. The van der Waals surface area contributed by atoms with Gasteiger partial charge in [-0.25, -0.2) is 4.68 Å². The molecule has 1 fully saturated rings. The van der Waals surface area contributed by atoms with Gasteiger partial charge in [-0.05, 0) is 39.8 Å². The van der Waals surface area contributed by atoms with Crippen LogP contribution >= 0.6 is 0 Å². The van der Waals surface area contributed by atoms with Gasteiger partial charge in [0.15, 0.2) is 0 Å². The van der Waals surface area contributed by atoms with Crippen molar-refractivity contribution >= 4 is 10.2 Å². The maximum absolute atomic E-state index is 13.0. The summed E-state index contributed by atoms with van der Waals surface area (Å²) in [5.41, 5.74) is 3.68. The van der Waals surface area contributed by atoms with Crippen molar-refractivity contribution in [1.29, 1.82) is 0 Å². The van der Waals surface area contributed by atoms with Crippen LogP contribution in [0.15, 0.2) is 30.3 Å². The Morgan fingerprint density at radius 3 is 2.33 bits per heavy atom. The van der Waals surface area contributed by atoms with E-state index in [0.717, 1.165) is 22.6 Å². The van der Waals surface area contributed by atoms with Crippen LogP contribution in [0.25, 0.3) is 5.69 Å². The molecule has 0 saturated carbocycles. The van der Waals surface area contributed by atoms with Crippen molar-refractivity contribution in [3.05, 3.63) is 47.3 Å². The summed E-state index contributed by atoms with van der Waals surface area (Å²) in [6.07, 6.45) is -0.220. The molecule has 1 aliphatic heterocycles. The van der Waals surface area contributed by atoms with Crippen LogP contribution in [0.4, 0.5) is 0 Å². The molecule has 2 atom stereocenters. The molecule has 2 aromatic rings. The highest BCUT2D eigenvalue weighted by Gasteiger charge is 2.34. The van der Waals surface area contributed by atoms with E-state index in [0.29, 0.717) is 13.1 Å². The van der Waals surface area contributed by atoms with Crippen LogP contribution in [0.2, 0.25) is 0 Å². The molecule has 0 aliphatic carbocycles. The maximum Gasteiger partial charge on any atom is 0.282 e. The Hall–Kier alpha value is -1.74. The van der Waals surface area contributed by atoms with Gasteiger partial charge in [0.05, 0.1) is 23.6 Å². The first kappa shape index (κ1) is 20.0. The summed E-state index contributed by atoms with van der Waals surface area (Å²) in [7, 11) is -1.94. The van der Waals surface area contributed by atoms with Crippen molar-refractivity contribution in [3.8, 4) is 5.69 Å². The zero-order valence-electron chi connectivity index (χ0n) is 16.6. The molecule has 0 N–H and O–H groups in total. The van der Waals surface area contributed by atoms with Crippen LogP contribution in [-0.2, 0) is 21.5 Å². The Morgan fingerprint density at radius 2 is 1.74 bits per heavy atom. The zero-order chi connectivity index (χ0) is 19.8. The van der Waals surface area contributed by atoms with Gasteiger partial charge >= 0.3 is 0 Å². The number of nitrogens with zero attached hydrogens (tertiary/aromatic N) is 4. The first-order valence-electron chi connectivity index (χ1n) is 9.17. The average Bonchev–Trinajstić information content (AvgIpc) is 2.89. The molecule has 148 valence electrons. The lowest BCUT2D eigenvalue weighted by Gasteiger charge is -2.36. The topological polar surface area (TPSA) is 67.7 Å². The lowest BCUT2D eigenvalue weighted by Crippen LogP contribution is -2.52. The molecule has 0 amide bonds. The molecule has 0 radical (unpaired) electrons. The number of hydrogen-bond donors (Lipinski definition) is 0. The summed E-state index contributed by atoms with van der Waals surface area (Å²) < 4.78 is 36.5. The standard InChI is InChI=1S/C19H28N4O3S/c1-14-11-22(12-15(2)26-14)27(24,25)21(5)13-19-16(3)20-23(17(19)4)18-9-7-6-8-10-18/h6-10,14-15H,11-13H2,1-5H3. The molecule has 1 aliphatic rings. The van der Waals surface area contributed by atoms with E-state index in [1.54, 1.807) is 7.05 Å². The molecule has 1 aromatic heterocycles. The highest BCUT2D eigenvalue weighted by atomic mass is 32.2. The highest BCUT2D eigenvalue weighted by molar-refractivity contribution is 7.86. The van der Waals surface area contributed by atoms with E-state index in [9.17, 15) is 8.42 Å². The molecule has 2 unspecified atom stereocenters. The van der Waals surface area contributed by atoms with Crippen LogP contribution in [0.5, 0.6) is 0 Å². The van der Waals surface area contributed by atoms with Gasteiger partial charge < -0.3 is 4.74 Å². The second kappa shape index (κ2) is 7.71. The largest absolute Gasteiger partial charge is 0.373 e. The van der Waals surface area contributed by atoms with Gasteiger partial charge in [-0.15, -0.1) is 0 Å². The lowest BCUT2D eigenvalue weighted by molar-refractivity contribution is -0.0453. The van der Waals surface area contributed by atoms with E-state index in [2.05, 4.69) is 5.10 Å². The minimum absolute atomic E-state index is 0.110. The van der Waals surface area contributed by atoms with E-state index >= 15 is 0 Å². The number of aromatic nitrogens is 2. The molecule has 0 bridgehead atoms. The number of ether oxygens (including phenoxy) is 1. The molecule has 1 saturated heterocycles. The van der Waals surface area contributed by atoms with Gasteiger partial charge in [0.2, 0.25) is 0 Å². The van der Waals surface area contributed by atoms with Crippen LogP contribution in [0.3, 0.4) is 0 Å². The molecule has 27 heavy (non-hydrogen) atoms. The monoisotopic (exact) mass is 392 g/mol. The fraction of sp³-hybridized carbons (Fsp3) is 0.526. The molecule has 7 nitrogen and oxygen atoms in total. The number of morpholine rings is 1. The van der Waals surface area contributed by atoms with Gasteiger partial charge in [0.1, 0.15) is 0 Å². The summed E-state index contributed by atoms with van der Waals surface area (Å²) in [6, 6.07) is 9.85. The summed E-state index contributed by atoms with van der Waals surface area (Å²) in [5.74, 6) is 0. The van der Waals surface area contributed by atoms with Crippen molar-refractivity contribution in [2.45, 2.75) is 46.4 Å². The SMILES string of the molecule is Cc1nn(-c2ccccc2)c(C)c1CN(C)S(=O)(=O)N1CC(C)OC(C)C1. The maximum atomic E-state index is 13.0. The predicted octanol–water partition coefficient (Wildman–Crippen LogP) is 2.27. The third-order valence-corrected chi connectivity index (χ3v) is 6.80. The van der Waals surface area contributed by atoms with Crippen LogP contribution in [-0.4, -0.2) is 59.2 Å². The van der Waals surface area contributed by atoms with Crippen molar-refractivity contribution < 1.29 is 13.2 Å². The van der Waals surface area contributed by atoms with Crippen molar-refractivity contribution in [3.63, 3.8) is 0 Å². The zero-order valence-corrected chi connectivity index (χ0v) is 17.4. The molecule has 0 spiro atoms. The second-order valence-corrected chi connectivity index (χ2v) is 9.27. The van der Waals surface area contributed by atoms with E-state index in [-0.39, 0.29) is 18.8 Å². The van der Waals surface area contributed by atoms with E-state index < -0.39 is 10.2 Å². The van der Waals surface area contributed by atoms with Crippen LogP contribution in [0.1, 0.15) is 30.8 Å². The summed E-state index contributed by atoms with van der Waals surface area (Å²) in [5, 5.41) is 4.61. The molecule has 1 aromatic carbocycles. The number of aryl methyl sites for hydroxylation is 1. The minimum Gasteiger partial charge on any atom is -0.373 e. The first-order chi connectivity index (χ1) is 12.7. The highest BCUT2D eigenvalue weighted by Crippen LogP contribution is 2.22. The van der Waals surface area contributed by atoms with E-state index in [4.69, 9.17) is 4.74 Å². The van der Waals surface area contributed by atoms with Crippen LogP contribution < -0.4 is 0 Å². The molecule has 8 heteroatoms. The number of hydrogen-bond acceptors (Lipinski definition) is 4. The number of para-hydroxylation sites is 1. The predicted molar refractivity (Wildman–Crippen MR) is 105 cm³/mol. The molecular formula is C19H28N4O3S. The van der Waals surface area contributed by atoms with Crippen LogP contribution in [0, 0.1) is 13.8 Å². The fourth-order valence-electron chi connectivity index (χ4n) is 3.54. The average molecular weight is 393 g/mol. The Labute approximate surface area is 161 Å². The van der Waals surface area contributed by atoms with Crippen molar-refractivity contribution in [1.82, 2.24) is 18.4 Å². The Balaban J connectivity index is 1.84. The van der Waals surface area contributed by atoms with Crippen molar-refractivity contribution in [2.75, 3.05) is 20.1 Å². The summed E-state index contributed by atoms with van der Waals surface area (Å²) >= 11 is 0. The summed E-state index contributed by atoms with van der Waals surface area (Å²) in [4.78, 5) is 0. The minimum atomic E-state index is -3.57. The third kappa shape index (κ3) is 4.08. The number of benzene rings is 1. The molecule has 3 rings (SSSR count). The van der Waals surface area contributed by atoms with Gasteiger partial charge in [-0.2, -0.15) is 22.1 Å². The normalized spacial score (nSPS) is 21.7. The first-order valence-corrected chi connectivity index (χ1v) is 10.6. The Bertz CT molecular complexity index is 885. The van der Waals surface area contributed by atoms with Crippen molar-refractivity contribution in [2.24, 2.45) is 0 Å². The van der Waals surface area contributed by atoms with E-state index in [1.165, 1.54) is 8.61 Å².